The van der Waals surface area contributed by atoms with Crippen molar-refractivity contribution in [2.75, 3.05) is 42.9 Å². The van der Waals surface area contributed by atoms with Crippen molar-refractivity contribution < 1.29 is 9.32 Å². The van der Waals surface area contributed by atoms with E-state index < -0.39 is 0 Å². The SMILES string of the molecule is C=CCN1CCN(c2c(Cl)cccc2NC(=O)c2ccno2)CC1. The summed E-state index contributed by atoms with van der Waals surface area (Å²) in [6, 6.07) is 7.01. The van der Waals surface area contributed by atoms with E-state index in [1.165, 1.54) is 12.3 Å². The van der Waals surface area contributed by atoms with Gasteiger partial charge in [-0.05, 0) is 12.1 Å². The standard InChI is InChI=1S/C17H19ClN4O2/c1-2-8-21-9-11-22(12-10-21)16-13(18)4-3-5-14(16)20-17(23)15-6-7-19-24-15/h2-7H,1,8-12H2,(H,20,23). The number of para-hydroxylation sites is 1. The Hall–Kier alpha value is -2.31. The van der Waals surface area contributed by atoms with Gasteiger partial charge in [-0.15, -0.1) is 6.58 Å². The maximum Gasteiger partial charge on any atom is 0.294 e. The van der Waals surface area contributed by atoms with Crippen LogP contribution in [0.4, 0.5) is 11.4 Å². The van der Waals surface area contributed by atoms with Crippen LogP contribution in [0, 0.1) is 0 Å². The molecule has 0 saturated carbocycles. The van der Waals surface area contributed by atoms with Gasteiger partial charge in [-0.3, -0.25) is 9.69 Å². The number of benzene rings is 1. The van der Waals surface area contributed by atoms with E-state index in [1.54, 1.807) is 0 Å². The van der Waals surface area contributed by atoms with Gasteiger partial charge in [0, 0.05) is 38.8 Å². The number of amides is 1. The number of hydrogen-bond acceptors (Lipinski definition) is 5. The topological polar surface area (TPSA) is 61.6 Å². The number of carbonyl (C=O) groups is 1. The molecule has 2 aromatic rings. The molecule has 1 saturated heterocycles. The lowest BCUT2D eigenvalue weighted by molar-refractivity contribution is 0.0988. The maximum absolute atomic E-state index is 12.2. The second-order valence-electron chi connectivity index (χ2n) is 5.54. The van der Waals surface area contributed by atoms with Crippen LogP contribution in [0.5, 0.6) is 0 Å². The monoisotopic (exact) mass is 346 g/mol. The van der Waals surface area contributed by atoms with Crippen molar-refractivity contribution in [1.29, 1.82) is 0 Å². The molecule has 0 aliphatic carbocycles. The minimum atomic E-state index is -0.346. The van der Waals surface area contributed by atoms with E-state index in [4.69, 9.17) is 16.1 Å². The Morgan fingerprint density at radius 1 is 1.33 bits per heavy atom. The first-order chi connectivity index (χ1) is 11.7. The normalized spacial score (nSPS) is 15.3. The van der Waals surface area contributed by atoms with Crippen molar-refractivity contribution in [3.05, 3.63) is 53.9 Å². The smallest absolute Gasteiger partial charge is 0.294 e. The third-order valence-electron chi connectivity index (χ3n) is 3.97. The van der Waals surface area contributed by atoms with Crippen LogP contribution in [-0.2, 0) is 0 Å². The molecule has 1 amide bonds. The van der Waals surface area contributed by atoms with Crippen LogP contribution in [0.2, 0.25) is 5.02 Å². The van der Waals surface area contributed by atoms with E-state index >= 15 is 0 Å². The zero-order chi connectivity index (χ0) is 16.9. The molecule has 3 rings (SSSR count). The van der Waals surface area contributed by atoms with E-state index in [2.05, 4.69) is 26.9 Å². The average molecular weight is 347 g/mol. The van der Waals surface area contributed by atoms with Gasteiger partial charge in [0.25, 0.3) is 5.91 Å². The first-order valence-corrected chi connectivity index (χ1v) is 8.15. The summed E-state index contributed by atoms with van der Waals surface area (Å²) < 4.78 is 4.90. The largest absolute Gasteiger partial charge is 0.366 e. The summed E-state index contributed by atoms with van der Waals surface area (Å²) in [5, 5.41) is 7.03. The minimum absolute atomic E-state index is 0.164. The average Bonchev–Trinajstić information content (AvgIpc) is 3.11. The fraction of sp³-hybridized carbons (Fsp3) is 0.294. The molecule has 1 aliphatic rings. The van der Waals surface area contributed by atoms with Crippen molar-refractivity contribution in [2.45, 2.75) is 0 Å². The van der Waals surface area contributed by atoms with Crippen molar-refractivity contribution in [1.82, 2.24) is 10.1 Å². The summed E-state index contributed by atoms with van der Waals surface area (Å²) >= 11 is 6.41. The molecular formula is C17H19ClN4O2. The van der Waals surface area contributed by atoms with Gasteiger partial charge >= 0.3 is 0 Å². The fourth-order valence-electron chi connectivity index (χ4n) is 2.79. The number of rotatable bonds is 5. The van der Waals surface area contributed by atoms with Crippen LogP contribution in [-0.4, -0.2) is 48.7 Å². The van der Waals surface area contributed by atoms with Crippen molar-refractivity contribution in [2.24, 2.45) is 0 Å². The zero-order valence-electron chi connectivity index (χ0n) is 13.2. The van der Waals surface area contributed by atoms with Gasteiger partial charge in [-0.1, -0.05) is 28.9 Å². The van der Waals surface area contributed by atoms with E-state index in [1.807, 2.05) is 24.3 Å². The summed E-state index contributed by atoms with van der Waals surface area (Å²) in [5.74, 6) is -0.182. The Labute approximate surface area is 145 Å². The highest BCUT2D eigenvalue weighted by atomic mass is 35.5. The predicted molar refractivity (Wildman–Crippen MR) is 94.8 cm³/mol. The molecule has 126 valence electrons. The lowest BCUT2D eigenvalue weighted by atomic mass is 10.2. The van der Waals surface area contributed by atoms with Crippen LogP contribution in [0.15, 0.2) is 47.6 Å². The van der Waals surface area contributed by atoms with E-state index in [0.29, 0.717) is 10.7 Å². The van der Waals surface area contributed by atoms with Gasteiger partial charge in [-0.25, -0.2) is 0 Å². The molecular weight excluding hydrogens is 328 g/mol. The molecule has 24 heavy (non-hydrogen) atoms. The molecule has 6 nitrogen and oxygen atoms in total. The maximum atomic E-state index is 12.2. The van der Waals surface area contributed by atoms with Crippen molar-refractivity contribution in [3.8, 4) is 0 Å². The number of piperazine rings is 1. The van der Waals surface area contributed by atoms with E-state index in [9.17, 15) is 4.79 Å². The summed E-state index contributed by atoms with van der Waals surface area (Å²) in [6.07, 6.45) is 3.35. The number of aromatic nitrogens is 1. The summed E-state index contributed by atoms with van der Waals surface area (Å²) in [5.41, 5.74) is 1.51. The molecule has 1 aromatic carbocycles. The van der Waals surface area contributed by atoms with Gasteiger partial charge in [0.1, 0.15) is 0 Å². The highest BCUT2D eigenvalue weighted by molar-refractivity contribution is 6.34. The Kier molecular flexibility index (Phi) is 5.17. The van der Waals surface area contributed by atoms with Crippen LogP contribution < -0.4 is 10.2 Å². The molecule has 0 bridgehead atoms. The Balaban J connectivity index is 1.78. The first-order valence-electron chi connectivity index (χ1n) is 7.78. The third-order valence-corrected chi connectivity index (χ3v) is 4.28. The molecule has 0 unspecified atom stereocenters. The van der Waals surface area contributed by atoms with Gasteiger partial charge in [0.2, 0.25) is 5.76 Å². The Morgan fingerprint density at radius 3 is 2.79 bits per heavy atom. The van der Waals surface area contributed by atoms with Crippen LogP contribution in [0.3, 0.4) is 0 Å². The summed E-state index contributed by atoms with van der Waals surface area (Å²) in [4.78, 5) is 16.8. The van der Waals surface area contributed by atoms with E-state index in [-0.39, 0.29) is 11.7 Å². The molecule has 1 aromatic heterocycles. The van der Waals surface area contributed by atoms with Gasteiger partial charge in [0.15, 0.2) is 0 Å². The molecule has 0 atom stereocenters. The number of nitrogens with zero attached hydrogens (tertiary/aromatic N) is 3. The highest BCUT2D eigenvalue weighted by Crippen LogP contribution is 2.34. The van der Waals surface area contributed by atoms with Crippen LogP contribution in [0.1, 0.15) is 10.6 Å². The first kappa shape index (κ1) is 16.5. The van der Waals surface area contributed by atoms with Crippen LogP contribution >= 0.6 is 11.6 Å². The molecule has 0 spiro atoms. The lowest BCUT2D eigenvalue weighted by Gasteiger charge is -2.36. The fourth-order valence-corrected chi connectivity index (χ4v) is 3.09. The van der Waals surface area contributed by atoms with Gasteiger partial charge in [-0.2, -0.15) is 0 Å². The number of nitrogens with one attached hydrogen (secondary N) is 1. The minimum Gasteiger partial charge on any atom is -0.366 e. The predicted octanol–water partition coefficient (Wildman–Crippen LogP) is 2.89. The number of halogens is 1. The van der Waals surface area contributed by atoms with Crippen molar-refractivity contribution >= 4 is 28.9 Å². The molecule has 1 N–H and O–H groups in total. The number of carbonyl (C=O) groups excluding carboxylic acids is 1. The second kappa shape index (κ2) is 7.51. The quantitative estimate of drug-likeness (QED) is 0.843. The van der Waals surface area contributed by atoms with Gasteiger partial charge in [0.05, 0.1) is 22.6 Å². The molecule has 2 heterocycles. The Bertz CT molecular complexity index is 709. The molecule has 7 heteroatoms. The van der Waals surface area contributed by atoms with Gasteiger partial charge < -0.3 is 14.7 Å². The van der Waals surface area contributed by atoms with Crippen molar-refractivity contribution in [3.63, 3.8) is 0 Å². The molecule has 1 fully saturated rings. The summed E-state index contributed by atoms with van der Waals surface area (Å²) in [6.45, 7) is 8.18. The highest BCUT2D eigenvalue weighted by Gasteiger charge is 2.22. The summed E-state index contributed by atoms with van der Waals surface area (Å²) in [7, 11) is 0. The van der Waals surface area contributed by atoms with E-state index in [0.717, 1.165) is 38.4 Å². The van der Waals surface area contributed by atoms with Crippen LogP contribution in [0.25, 0.3) is 0 Å². The third kappa shape index (κ3) is 3.60. The second-order valence-corrected chi connectivity index (χ2v) is 5.95. The molecule has 0 radical (unpaired) electrons. The lowest BCUT2D eigenvalue weighted by Crippen LogP contribution is -2.46. The zero-order valence-corrected chi connectivity index (χ0v) is 14.0. The Morgan fingerprint density at radius 2 is 2.12 bits per heavy atom. The molecule has 1 aliphatic heterocycles. The number of anilines is 2. The number of hydrogen-bond donors (Lipinski definition) is 1.